The Balaban J connectivity index is 2.46. The molecule has 0 aromatic heterocycles. The molecule has 0 aliphatic carbocycles. The molecule has 3 nitrogen and oxygen atoms in total. The Morgan fingerprint density at radius 2 is 1.85 bits per heavy atom. The van der Waals surface area contributed by atoms with E-state index in [1.54, 1.807) is 19.1 Å². The third-order valence-corrected chi connectivity index (χ3v) is 4.73. The Morgan fingerprint density at radius 3 is 2.55 bits per heavy atom. The lowest BCUT2D eigenvalue weighted by molar-refractivity contribution is 0.501. The second kappa shape index (κ2) is 5.20. The van der Waals surface area contributed by atoms with E-state index in [4.69, 9.17) is 5.73 Å². The van der Waals surface area contributed by atoms with E-state index >= 15 is 0 Å². The van der Waals surface area contributed by atoms with Crippen molar-refractivity contribution in [2.75, 3.05) is 5.73 Å². The normalized spacial score (nSPS) is 11.6. The molecule has 0 amide bonds. The summed E-state index contributed by atoms with van der Waals surface area (Å²) in [6, 6.07) is 7.94. The number of anilines is 1. The topological polar surface area (TPSA) is 60.2 Å². The van der Waals surface area contributed by atoms with Crippen molar-refractivity contribution in [1.29, 1.82) is 0 Å². The molecule has 0 aliphatic heterocycles. The van der Waals surface area contributed by atoms with Crippen LogP contribution in [0.3, 0.4) is 0 Å². The summed E-state index contributed by atoms with van der Waals surface area (Å²) >= 11 is 0. The Labute approximate surface area is 116 Å². The molecule has 0 atom stereocenters. The number of sulfone groups is 1. The molecule has 6 heteroatoms. The van der Waals surface area contributed by atoms with Gasteiger partial charge in [0, 0.05) is 11.3 Å². The number of rotatable bonds is 3. The van der Waals surface area contributed by atoms with Gasteiger partial charge in [0.1, 0.15) is 0 Å². The van der Waals surface area contributed by atoms with Crippen LogP contribution in [0.15, 0.2) is 41.3 Å². The number of hydrogen-bond donors (Lipinski definition) is 1. The zero-order chi connectivity index (χ0) is 14.9. The SMILES string of the molecule is Cc1ccc(N)cc1S(=O)(=O)Cc1cccc(F)c1F. The summed E-state index contributed by atoms with van der Waals surface area (Å²) in [6.45, 7) is 1.62. The standard InChI is InChI=1S/C14H13F2NO2S/c1-9-5-6-11(17)7-13(9)20(18,19)8-10-3-2-4-12(15)14(10)16/h2-7H,8,17H2,1H3. The number of nitrogen functional groups attached to an aromatic ring is 1. The molecule has 2 rings (SSSR count). The van der Waals surface area contributed by atoms with Crippen LogP contribution >= 0.6 is 0 Å². The molecule has 0 spiro atoms. The lowest BCUT2D eigenvalue weighted by atomic mass is 10.2. The van der Waals surface area contributed by atoms with Crippen LogP contribution < -0.4 is 5.73 Å². The number of hydrogen-bond acceptors (Lipinski definition) is 3. The minimum atomic E-state index is -3.79. The monoisotopic (exact) mass is 297 g/mol. The zero-order valence-electron chi connectivity index (χ0n) is 10.7. The van der Waals surface area contributed by atoms with E-state index in [0.29, 0.717) is 11.3 Å². The van der Waals surface area contributed by atoms with Crippen molar-refractivity contribution >= 4 is 15.5 Å². The number of nitrogens with two attached hydrogens (primary N) is 1. The van der Waals surface area contributed by atoms with Gasteiger partial charge in [-0.05, 0) is 30.7 Å². The molecular weight excluding hydrogens is 284 g/mol. The molecule has 0 saturated heterocycles. The Morgan fingerprint density at radius 1 is 1.15 bits per heavy atom. The average molecular weight is 297 g/mol. The number of halogens is 2. The van der Waals surface area contributed by atoms with Gasteiger partial charge in [-0.3, -0.25) is 0 Å². The molecule has 2 aromatic rings. The Hall–Kier alpha value is -1.95. The van der Waals surface area contributed by atoms with Crippen LogP contribution in [0.4, 0.5) is 14.5 Å². The second-order valence-corrected chi connectivity index (χ2v) is 6.45. The van der Waals surface area contributed by atoms with Gasteiger partial charge in [-0.25, -0.2) is 17.2 Å². The van der Waals surface area contributed by atoms with Crippen LogP contribution in [-0.4, -0.2) is 8.42 Å². The third-order valence-electron chi connectivity index (χ3n) is 2.92. The van der Waals surface area contributed by atoms with Gasteiger partial charge in [0.25, 0.3) is 0 Å². The van der Waals surface area contributed by atoms with Gasteiger partial charge in [-0.2, -0.15) is 0 Å². The van der Waals surface area contributed by atoms with Crippen LogP contribution in [0, 0.1) is 18.6 Å². The molecule has 2 N–H and O–H groups in total. The van der Waals surface area contributed by atoms with E-state index in [9.17, 15) is 17.2 Å². The van der Waals surface area contributed by atoms with Crippen molar-refractivity contribution in [3.8, 4) is 0 Å². The lowest BCUT2D eigenvalue weighted by Gasteiger charge is -2.09. The second-order valence-electron chi connectivity index (χ2n) is 4.50. The minimum absolute atomic E-state index is 0.0289. The van der Waals surface area contributed by atoms with Gasteiger partial charge in [0.15, 0.2) is 21.5 Å². The van der Waals surface area contributed by atoms with Gasteiger partial charge in [0.2, 0.25) is 0 Å². The fourth-order valence-electron chi connectivity index (χ4n) is 1.89. The van der Waals surface area contributed by atoms with Gasteiger partial charge in [-0.15, -0.1) is 0 Å². The molecule has 0 unspecified atom stereocenters. The highest BCUT2D eigenvalue weighted by atomic mass is 32.2. The van der Waals surface area contributed by atoms with E-state index in [1.165, 1.54) is 18.2 Å². The van der Waals surface area contributed by atoms with Crippen molar-refractivity contribution in [1.82, 2.24) is 0 Å². The summed E-state index contributed by atoms with van der Waals surface area (Å²) in [7, 11) is -3.79. The highest BCUT2D eigenvalue weighted by Gasteiger charge is 2.21. The first kappa shape index (κ1) is 14.5. The predicted molar refractivity (Wildman–Crippen MR) is 72.8 cm³/mol. The summed E-state index contributed by atoms with van der Waals surface area (Å²) in [6.07, 6.45) is 0. The van der Waals surface area contributed by atoms with E-state index in [0.717, 1.165) is 6.07 Å². The van der Waals surface area contributed by atoms with Gasteiger partial charge >= 0.3 is 0 Å². The smallest absolute Gasteiger partial charge is 0.182 e. The molecular formula is C14H13F2NO2S. The summed E-state index contributed by atoms with van der Waals surface area (Å²) < 4.78 is 51.3. The zero-order valence-corrected chi connectivity index (χ0v) is 11.5. The Bertz CT molecular complexity index is 758. The third kappa shape index (κ3) is 2.80. The van der Waals surface area contributed by atoms with Gasteiger partial charge < -0.3 is 5.73 Å². The summed E-state index contributed by atoms with van der Waals surface area (Å²) in [5.74, 6) is -2.82. The summed E-state index contributed by atoms with van der Waals surface area (Å²) in [4.78, 5) is 0.0289. The molecule has 0 aliphatic rings. The molecule has 20 heavy (non-hydrogen) atoms. The van der Waals surface area contributed by atoms with E-state index < -0.39 is 27.2 Å². The molecule has 2 aromatic carbocycles. The highest BCUT2D eigenvalue weighted by Crippen LogP contribution is 2.24. The van der Waals surface area contributed by atoms with Gasteiger partial charge in [0.05, 0.1) is 10.6 Å². The average Bonchev–Trinajstić information content (AvgIpc) is 2.37. The van der Waals surface area contributed by atoms with Crippen LogP contribution in [0.1, 0.15) is 11.1 Å². The van der Waals surface area contributed by atoms with Crippen molar-refractivity contribution in [3.05, 3.63) is 59.2 Å². The first-order chi connectivity index (χ1) is 9.31. The van der Waals surface area contributed by atoms with Crippen molar-refractivity contribution in [2.45, 2.75) is 17.6 Å². The molecule has 0 fully saturated rings. The van der Waals surface area contributed by atoms with Crippen LogP contribution in [0.2, 0.25) is 0 Å². The molecule has 0 saturated carbocycles. The van der Waals surface area contributed by atoms with E-state index in [1.807, 2.05) is 0 Å². The predicted octanol–water partition coefficient (Wildman–Crippen LogP) is 2.83. The van der Waals surface area contributed by atoms with Crippen LogP contribution in [0.25, 0.3) is 0 Å². The van der Waals surface area contributed by atoms with Crippen molar-refractivity contribution in [2.24, 2.45) is 0 Å². The number of aryl methyl sites for hydroxylation is 1. The first-order valence-electron chi connectivity index (χ1n) is 5.83. The lowest BCUT2D eigenvalue weighted by Crippen LogP contribution is -2.09. The molecule has 0 bridgehead atoms. The minimum Gasteiger partial charge on any atom is -0.399 e. The fourth-order valence-corrected chi connectivity index (χ4v) is 3.56. The molecule has 0 radical (unpaired) electrons. The van der Waals surface area contributed by atoms with Crippen LogP contribution in [-0.2, 0) is 15.6 Å². The molecule has 0 heterocycles. The fraction of sp³-hybridized carbons (Fsp3) is 0.143. The first-order valence-corrected chi connectivity index (χ1v) is 7.48. The Kier molecular flexibility index (Phi) is 3.76. The quantitative estimate of drug-likeness (QED) is 0.886. The number of benzene rings is 2. The maximum Gasteiger partial charge on any atom is 0.182 e. The molecule has 106 valence electrons. The maximum absolute atomic E-state index is 13.6. The van der Waals surface area contributed by atoms with E-state index in [2.05, 4.69) is 0 Å². The summed E-state index contributed by atoms with van der Waals surface area (Å²) in [5.41, 5.74) is 6.18. The van der Waals surface area contributed by atoms with Crippen molar-refractivity contribution < 1.29 is 17.2 Å². The summed E-state index contributed by atoms with van der Waals surface area (Å²) in [5, 5.41) is 0. The maximum atomic E-state index is 13.6. The highest BCUT2D eigenvalue weighted by molar-refractivity contribution is 7.90. The largest absolute Gasteiger partial charge is 0.399 e. The van der Waals surface area contributed by atoms with Crippen molar-refractivity contribution in [3.63, 3.8) is 0 Å². The van der Waals surface area contributed by atoms with Gasteiger partial charge in [-0.1, -0.05) is 18.2 Å². The van der Waals surface area contributed by atoms with Crippen LogP contribution in [0.5, 0.6) is 0 Å². The van der Waals surface area contributed by atoms with E-state index in [-0.39, 0.29) is 10.5 Å².